The maximum atomic E-state index is 12.6. The monoisotopic (exact) mass is 291 g/mol. The average Bonchev–Trinajstić information content (AvgIpc) is 2.36. The lowest BCUT2D eigenvalue weighted by Crippen LogP contribution is -2.63. The van der Waals surface area contributed by atoms with E-state index in [0.29, 0.717) is 12.6 Å². The predicted octanol–water partition coefficient (Wildman–Crippen LogP) is 1.29. The first kappa shape index (κ1) is 15.7. The highest BCUT2D eigenvalue weighted by molar-refractivity contribution is 5.86. The minimum absolute atomic E-state index is 0.125. The number of aromatic nitrogens is 1. The molecule has 6 nitrogen and oxygen atoms in total. The second kappa shape index (κ2) is 5.76. The summed E-state index contributed by atoms with van der Waals surface area (Å²) in [4.78, 5) is 25.9. The van der Waals surface area contributed by atoms with E-state index in [1.807, 2.05) is 0 Å². The number of urea groups is 1. The van der Waals surface area contributed by atoms with Crippen LogP contribution in [0.5, 0.6) is 0 Å². The molecule has 0 spiro atoms. The third-order valence-electron chi connectivity index (χ3n) is 2.51. The maximum absolute atomic E-state index is 12.6. The number of pyridine rings is 1. The molecule has 110 valence electrons. The van der Waals surface area contributed by atoms with Crippen LogP contribution >= 0.6 is 0 Å². The molecule has 1 aromatic rings. The fourth-order valence-electron chi connectivity index (χ4n) is 1.19. The van der Waals surface area contributed by atoms with E-state index in [4.69, 9.17) is 5.11 Å². The van der Waals surface area contributed by atoms with E-state index in [1.54, 1.807) is 18.2 Å². The molecular weight excluding hydrogens is 279 g/mol. The molecule has 0 aliphatic heterocycles. The van der Waals surface area contributed by atoms with Crippen LogP contribution in [-0.2, 0) is 11.3 Å². The SMILES string of the molecule is CC(NC(=O)NCc1ccccn1)(C(=O)O)C(F)(F)F. The lowest BCUT2D eigenvalue weighted by molar-refractivity contribution is -0.203. The molecule has 3 N–H and O–H groups in total. The number of nitrogens with zero attached hydrogens (tertiary/aromatic N) is 1. The standard InChI is InChI=1S/C11H12F3N3O3/c1-10(8(18)19,11(12,13)14)17-9(20)16-6-7-4-2-3-5-15-7/h2-5H,6H2,1H3,(H,18,19)(H2,16,17,20). The largest absolute Gasteiger partial charge is 0.479 e. The minimum Gasteiger partial charge on any atom is -0.479 e. The summed E-state index contributed by atoms with van der Waals surface area (Å²) < 4.78 is 37.9. The van der Waals surface area contributed by atoms with Crippen molar-refractivity contribution in [1.29, 1.82) is 0 Å². The summed E-state index contributed by atoms with van der Waals surface area (Å²) in [5, 5.41) is 12.1. The summed E-state index contributed by atoms with van der Waals surface area (Å²) in [5.41, 5.74) is -2.94. The number of carbonyl (C=O) groups excluding carboxylic acids is 1. The topological polar surface area (TPSA) is 91.3 Å². The Kier molecular flexibility index (Phi) is 4.53. The molecule has 1 unspecified atom stereocenters. The molecule has 2 amide bonds. The Labute approximate surface area is 112 Å². The molecule has 9 heteroatoms. The number of alkyl halides is 3. The van der Waals surface area contributed by atoms with Gasteiger partial charge in [-0.25, -0.2) is 9.59 Å². The molecule has 1 heterocycles. The van der Waals surface area contributed by atoms with E-state index < -0.39 is 23.7 Å². The molecule has 0 fully saturated rings. The summed E-state index contributed by atoms with van der Waals surface area (Å²) in [6, 6.07) is 3.58. The minimum atomic E-state index is -5.12. The molecule has 0 radical (unpaired) electrons. The van der Waals surface area contributed by atoms with Gasteiger partial charge in [-0.1, -0.05) is 6.07 Å². The van der Waals surface area contributed by atoms with Crippen molar-refractivity contribution >= 4 is 12.0 Å². The highest BCUT2D eigenvalue weighted by atomic mass is 19.4. The second-order valence-corrected chi connectivity index (χ2v) is 4.06. The third kappa shape index (κ3) is 3.59. The molecule has 0 aliphatic rings. The van der Waals surface area contributed by atoms with Gasteiger partial charge in [-0.05, 0) is 19.1 Å². The molecular formula is C11H12F3N3O3. The number of carbonyl (C=O) groups is 2. The van der Waals surface area contributed by atoms with Gasteiger partial charge in [0.25, 0.3) is 0 Å². The van der Waals surface area contributed by atoms with Crippen molar-refractivity contribution in [1.82, 2.24) is 15.6 Å². The predicted molar refractivity (Wildman–Crippen MR) is 61.7 cm³/mol. The van der Waals surface area contributed by atoms with Crippen molar-refractivity contribution in [2.24, 2.45) is 0 Å². The number of nitrogens with one attached hydrogen (secondary N) is 2. The highest BCUT2D eigenvalue weighted by Gasteiger charge is 2.58. The summed E-state index contributed by atoms with van der Waals surface area (Å²) in [6.07, 6.45) is -3.67. The van der Waals surface area contributed by atoms with Crippen molar-refractivity contribution in [3.63, 3.8) is 0 Å². The second-order valence-electron chi connectivity index (χ2n) is 4.06. The molecule has 20 heavy (non-hydrogen) atoms. The number of carboxylic acids is 1. The van der Waals surface area contributed by atoms with Gasteiger partial charge in [0.05, 0.1) is 12.2 Å². The van der Waals surface area contributed by atoms with Crippen LogP contribution in [0.1, 0.15) is 12.6 Å². The number of hydrogen-bond donors (Lipinski definition) is 3. The number of rotatable bonds is 4. The Morgan fingerprint density at radius 3 is 2.45 bits per heavy atom. The van der Waals surface area contributed by atoms with Gasteiger partial charge < -0.3 is 15.7 Å². The first-order chi connectivity index (χ1) is 9.17. The van der Waals surface area contributed by atoms with Gasteiger partial charge >= 0.3 is 18.2 Å². The Hall–Kier alpha value is -2.32. The van der Waals surface area contributed by atoms with Crippen LogP contribution in [0.3, 0.4) is 0 Å². The first-order valence-corrected chi connectivity index (χ1v) is 5.43. The van der Waals surface area contributed by atoms with Gasteiger partial charge in [-0.15, -0.1) is 0 Å². The smallest absolute Gasteiger partial charge is 0.422 e. The van der Waals surface area contributed by atoms with E-state index in [9.17, 15) is 22.8 Å². The average molecular weight is 291 g/mol. The molecule has 0 saturated heterocycles. The zero-order valence-electron chi connectivity index (χ0n) is 10.4. The van der Waals surface area contributed by atoms with E-state index in [-0.39, 0.29) is 6.54 Å². The zero-order valence-corrected chi connectivity index (χ0v) is 10.4. The molecule has 1 rings (SSSR count). The van der Waals surface area contributed by atoms with E-state index in [1.165, 1.54) is 11.5 Å². The van der Waals surface area contributed by atoms with Crippen LogP contribution in [-0.4, -0.2) is 33.8 Å². The van der Waals surface area contributed by atoms with Crippen LogP contribution < -0.4 is 10.6 Å². The number of halogens is 3. The van der Waals surface area contributed by atoms with Crippen molar-refractivity contribution in [2.75, 3.05) is 0 Å². The summed E-state index contributed by atoms with van der Waals surface area (Å²) in [7, 11) is 0. The van der Waals surface area contributed by atoms with Gasteiger partial charge in [0, 0.05) is 6.20 Å². The fourth-order valence-corrected chi connectivity index (χ4v) is 1.19. The quantitative estimate of drug-likeness (QED) is 0.779. The molecule has 0 aromatic carbocycles. The van der Waals surface area contributed by atoms with Crippen molar-refractivity contribution in [3.05, 3.63) is 30.1 Å². The maximum Gasteiger partial charge on any atom is 0.422 e. The lowest BCUT2D eigenvalue weighted by Gasteiger charge is -2.28. The number of carboxylic acid groups (broad SMARTS) is 1. The van der Waals surface area contributed by atoms with Gasteiger partial charge in [-0.2, -0.15) is 13.2 Å². The van der Waals surface area contributed by atoms with E-state index in [2.05, 4.69) is 10.3 Å². The van der Waals surface area contributed by atoms with Crippen LogP contribution in [0.15, 0.2) is 24.4 Å². The Morgan fingerprint density at radius 2 is 2.00 bits per heavy atom. The van der Waals surface area contributed by atoms with Gasteiger partial charge in [0.15, 0.2) is 0 Å². The summed E-state index contributed by atoms with van der Waals surface area (Å²) >= 11 is 0. The first-order valence-electron chi connectivity index (χ1n) is 5.43. The van der Waals surface area contributed by atoms with E-state index in [0.717, 1.165) is 0 Å². The fraction of sp³-hybridized carbons (Fsp3) is 0.364. The molecule has 1 atom stereocenters. The van der Waals surface area contributed by atoms with Crippen LogP contribution in [0.25, 0.3) is 0 Å². The normalized spacial score (nSPS) is 14.2. The number of aliphatic carboxylic acids is 1. The van der Waals surface area contributed by atoms with Gasteiger partial charge in [0.2, 0.25) is 5.54 Å². The van der Waals surface area contributed by atoms with E-state index >= 15 is 0 Å². The van der Waals surface area contributed by atoms with Gasteiger partial charge in [-0.3, -0.25) is 4.98 Å². The summed E-state index contributed by atoms with van der Waals surface area (Å²) in [6.45, 7) is 0.246. The Bertz CT molecular complexity index is 493. The van der Waals surface area contributed by atoms with Crippen LogP contribution in [0.2, 0.25) is 0 Å². The highest BCUT2D eigenvalue weighted by Crippen LogP contribution is 2.30. The summed E-state index contributed by atoms with van der Waals surface area (Å²) in [5.74, 6) is -2.20. The molecule has 0 bridgehead atoms. The number of hydrogen-bond acceptors (Lipinski definition) is 3. The molecule has 1 aromatic heterocycles. The zero-order chi connectivity index (χ0) is 15.4. The van der Waals surface area contributed by atoms with Crippen molar-refractivity contribution in [2.45, 2.75) is 25.2 Å². The number of amides is 2. The Morgan fingerprint density at radius 1 is 1.35 bits per heavy atom. The van der Waals surface area contributed by atoms with Crippen molar-refractivity contribution in [3.8, 4) is 0 Å². The van der Waals surface area contributed by atoms with Crippen molar-refractivity contribution < 1.29 is 27.9 Å². The van der Waals surface area contributed by atoms with Crippen LogP contribution in [0, 0.1) is 0 Å². The molecule has 0 aliphatic carbocycles. The lowest BCUT2D eigenvalue weighted by atomic mass is 10.0. The molecule has 0 saturated carbocycles. The van der Waals surface area contributed by atoms with Crippen LogP contribution in [0.4, 0.5) is 18.0 Å². The van der Waals surface area contributed by atoms with Gasteiger partial charge in [0.1, 0.15) is 0 Å². The Balaban J connectivity index is 2.67. The third-order valence-corrected chi connectivity index (χ3v) is 2.51.